The van der Waals surface area contributed by atoms with Crippen molar-refractivity contribution in [3.05, 3.63) is 23.3 Å². The molecule has 0 aliphatic rings. The van der Waals surface area contributed by atoms with Crippen molar-refractivity contribution in [1.82, 2.24) is 9.62 Å². The number of aryl methyl sites for hydroxylation is 1. The molecule has 0 spiro atoms. The van der Waals surface area contributed by atoms with Crippen LogP contribution >= 0.6 is 12.2 Å². The highest BCUT2D eigenvalue weighted by Crippen LogP contribution is 2.25. The lowest BCUT2D eigenvalue weighted by Crippen LogP contribution is -2.30. The number of hydrogen-bond donors (Lipinski definition) is 2. The third-order valence-corrected chi connectivity index (χ3v) is 5.78. The first kappa shape index (κ1) is 21.3. The number of benzene rings is 1. The van der Waals surface area contributed by atoms with Gasteiger partial charge in [0, 0.05) is 32.7 Å². The van der Waals surface area contributed by atoms with Gasteiger partial charge in [0.25, 0.3) is 0 Å². The Labute approximate surface area is 154 Å². The molecule has 0 saturated carbocycles. The fourth-order valence-electron chi connectivity index (χ4n) is 2.02. The van der Waals surface area contributed by atoms with Crippen LogP contribution < -0.4 is 10.6 Å². The summed E-state index contributed by atoms with van der Waals surface area (Å²) in [4.78, 5) is 11.3. The highest BCUT2D eigenvalue weighted by Gasteiger charge is 2.19. The maximum Gasteiger partial charge on any atom is 0.305 e. The molecular formula is C16H25N3O4S2. The van der Waals surface area contributed by atoms with Crippen LogP contribution in [0.15, 0.2) is 17.0 Å². The van der Waals surface area contributed by atoms with Crippen molar-refractivity contribution in [2.75, 3.05) is 33.1 Å². The van der Waals surface area contributed by atoms with E-state index in [1.807, 2.05) is 13.8 Å². The summed E-state index contributed by atoms with van der Waals surface area (Å²) in [6.07, 6.45) is 0.891. The average Bonchev–Trinajstić information content (AvgIpc) is 2.54. The first-order valence-corrected chi connectivity index (χ1v) is 9.60. The number of anilines is 1. The zero-order valence-corrected chi connectivity index (χ0v) is 16.8. The van der Waals surface area contributed by atoms with Crippen LogP contribution in [0.4, 0.5) is 5.69 Å². The number of rotatable bonds is 7. The maximum atomic E-state index is 12.3. The number of nitrogens with zero attached hydrogens (tertiary/aromatic N) is 1. The van der Waals surface area contributed by atoms with Crippen LogP contribution in [0, 0.1) is 13.8 Å². The summed E-state index contributed by atoms with van der Waals surface area (Å²) in [5.41, 5.74) is 2.39. The van der Waals surface area contributed by atoms with Gasteiger partial charge in [0.2, 0.25) is 10.0 Å². The molecule has 140 valence electrons. The summed E-state index contributed by atoms with van der Waals surface area (Å²) < 4.78 is 30.4. The highest BCUT2D eigenvalue weighted by molar-refractivity contribution is 7.89. The molecule has 0 atom stereocenters. The standard InChI is InChI=1S/C16H25N3O4S2/c1-11-9-13(25(21,22)19(3)4)10-14(12(11)2)18-16(24)17-8-6-7-15(20)23-5/h9-10H,6-8H2,1-5H3,(H2,17,18,24). The number of esters is 1. The fraction of sp³-hybridized carbons (Fsp3) is 0.500. The molecule has 9 heteroatoms. The van der Waals surface area contributed by atoms with Gasteiger partial charge in [-0.1, -0.05) is 0 Å². The Bertz CT molecular complexity index is 746. The second-order valence-corrected chi connectivity index (χ2v) is 8.32. The molecule has 1 rings (SSSR count). The van der Waals surface area contributed by atoms with Gasteiger partial charge in [-0.2, -0.15) is 0 Å². The molecule has 0 aliphatic carbocycles. The monoisotopic (exact) mass is 387 g/mol. The van der Waals surface area contributed by atoms with Crippen molar-refractivity contribution in [3.63, 3.8) is 0 Å². The molecule has 1 aromatic carbocycles. The van der Waals surface area contributed by atoms with Gasteiger partial charge < -0.3 is 15.4 Å². The Morgan fingerprint density at radius 2 is 1.92 bits per heavy atom. The van der Waals surface area contributed by atoms with Gasteiger partial charge >= 0.3 is 5.97 Å². The van der Waals surface area contributed by atoms with Gasteiger partial charge in [-0.15, -0.1) is 0 Å². The van der Waals surface area contributed by atoms with Crippen LogP contribution in [0.2, 0.25) is 0 Å². The van der Waals surface area contributed by atoms with Gasteiger partial charge in [0.05, 0.1) is 12.0 Å². The van der Waals surface area contributed by atoms with Crippen LogP contribution in [-0.4, -0.2) is 51.6 Å². The number of carbonyl (C=O) groups is 1. The van der Waals surface area contributed by atoms with Crippen LogP contribution in [0.5, 0.6) is 0 Å². The summed E-state index contributed by atoms with van der Waals surface area (Å²) in [5.74, 6) is -0.270. The van der Waals surface area contributed by atoms with Gasteiger partial charge in [0.15, 0.2) is 5.11 Å². The largest absolute Gasteiger partial charge is 0.469 e. The molecule has 0 aromatic heterocycles. The van der Waals surface area contributed by atoms with E-state index in [9.17, 15) is 13.2 Å². The Morgan fingerprint density at radius 1 is 1.28 bits per heavy atom. The lowest BCUT2D eigenvalue weighted by atomic mass is 10.1. The number of ether oxygens (including phenoxy) is 1. The van der Waals surface area contributed by atoms with Crippen LogP contribution in [0.25, 0.3) is 0 Å². The average molecular weight is 388 g/mol. The van der Waals surface area contributed by atoms with Crippen molar-refractivity contribution >= 4 is 39.0 Å². The normalized spacial score (nSPS) is 11.3. The lowest BCUT2D eigenvalue weighted by molar-refractivity contribution is -0.140. The number of sulfonamides is 1. The molecule has 0 bridgehead atoms. The first-order valence-electron chi connectivity index (χ1n) is 7.75. The maximum absolute atomic E-state index is 12.3. The molecule has 1 aromatic rings. The number of thiocarbonyl (C=S) groups is 1. The lowest BCUT2D eigenvalue weighted by Gasteiger charge is -2.17. The number of hydrogen-bond acceptors (Lipinski definition) is 5. The zero-order valence-electron chi connectivity index (χ0n) is 15.2. The molecule has 7 nitrogen and oxygen atoms in total. The van der Waals surface area contributed by atoms with E-state index in [1.165, 1.54) is 25.5 Å². The second kappa shape index (κ2) is 9.12. The highest BCUT2D eigenvalue weighted by atomic mass is 32.2. The molecule has 25 heavy (non-hydrogen) atoms. The minimum absolute atomic E-state index is 0.205. The number of carbonyl (C=O) groups excluding carboxylic acids is 1. The van der Waals surface area contributed by atoms with E-state index in [4.69, 9.17) is 12.2 Å². The minimum Gasteiger partial charge on any atom is -0.469 e. The van der Waals surface area contributed by atoms with E-state index in [2.05, 4.69) is 15.4 Å². The summed E-state index contributed by atoms with van der Waals surface area (Å²) in [6, 6.07) is 3.21. The molecule has 2 N–H and O–H groups in total. The van der Waals surface area contributed by atoms with Crippen molar-refractivity contribution in [2.24, 2.45) is 0 Å². The number of nitrogens with one attached hydrogen (secondary N) is 2. The molecule has 0 amide bonds. The number of methoxy groups -OCH3 is 1. The Hall–Kier alpha value is -1.71. The van der Waals surface area contributed by atoms with Gasteiger partial charge in [-0.25, -0.2) is 12.7 Å². The van der Waals surface area contributed by atoms with Crippen LogP contribution in [-0.2, 0) is 19.6 Å². The molecular weight excluding hydrogens is 362 g/mol. The summed E-state index contributed by atoms with van der Waals surface area (Å²) >= 11 is 5.24. The van der Waals surface area contributed by atoms with E-state index in [0.717, 1.165) is 11.1 Å². The SMILES string of the molecule is COC(=O)CCCNC(=S)Nc1cc(S(=O)(=O)N(C)C)cc(C)c1C. The second-order valence-electron chi connectivity index (χ2n) is 5.76. The van der Waals surface area contributed by atoms with Crippen molar-refractivity contribution in [3.8, 4) is 0 Å². The molecule has 0 saturated heterocycles. The third-order valence-electron chi connectivity index (χ3n) is 3.74. The summed E-state index contributed by atoms with van der Waals surface area (Å²) in [7, 11) is 0.802. The van der Waals surface area contributed by atoms with Crippen molar-refractivity contribution in [1.29, 1.82) is 0 Å². The molecule has 0 fully saturated rings. The third kappa shape index (κ3) is 5.94. The fourth-order valence-corrected chi connectivity index (χ4v) is 3.25. The van der Waals surface area contributed by atoms with Crippen molar-refractivity contribution in [2.45, 2.75) is 31.6 Å². The van der Waals surface area contributed by atoms with Crippen LogP contribution in [0.1, 0.15) is 24.0 Å². The predicted octanol–water partition coefficient (Wildman–Crippen LogP) is 1.79. The molecule has 0 radical (unpaired) electrons. The summed E-state index contributed by atoms with van der Waals surface area (Å²) in [5, 5.41) is 6.38. The molecule has 0 aliphatic heterocycles. The van der Waals surface area contributed by atoms with E-state index >= 15 is 0 Å². The Kier molecular flexibility index (Phi) is 7.78. The summed E-state index contributed by atoms with van der Waals surface area (Å²) in [6.45, 7) is 4.25. The van der Waals surface area contributed by atoms with Gasteiger partial charge in [0.1, 0.15) is 0 Å². The quantitative estimate of drug-likeness (QED) is 0.419. The van der Waals surface area contributed by atoms with Crippen LogP contribution in [0.3, 0.4) is 0 Å². The van der Waals surface area contributed by atoms with Crippen molar-refractivity contribution < 1.29 is 17.9 Å². The predicted molar refractivity (Wildman–Crippen MR) is 102 cm³/mol. The first-order chi connectivity index (χ1) is 11.6. The minimum atomic E-state index is -3.53. The van der Waals surface area contributed by atoms with E-state index in [0.29, 0.717) is 30.2 Å². The Balaban J connectivity index is 2.83. The zero-order chi connectivity index (χ0) is 19.2. The van der Waals surface area contributed by atoms with E-state index < -0.39 is 10.0 Å². The Morgan fingerprint density at radius 3 is 2.48 bits per heavy atom. The topological polar surface area (TPSA) is 87.7 Å². The van der Waals surface area contributed by atoms with Gasteiger partial charge in [-0.05, 0) is 55.7 Å². The molecule has 0 heterocycles. The smallest absolute Gasteiger partial charge is 0.305 e. The van der Waals surface area contributed by atoms with E-state index in [-0.39, 0.29) is 10.9 Å². The van der Waals surface area contributed by atoms with E-state index in [1.54, 1.807) is 12.1 Å². The molecule has 0 unspecified atom stereocenters. The van der Waals surface area contributed by atoms with Gasteiger partial charge in [-0.3, -0.25) is 4.79 Å².